The predicted octanol–water partition coefficient (Wildman–Crippen LogP) is 7.72. The Labute approximate surface area is 228 Å². The standard InChI is InChI=1S/C34H47NO3/c1-30(2)23(21-8-10-22(11-9-21)28(36)37)14-17-31(3)26(30)15-18-33(5)27(31)13-12-24-25-7-6-16-34(25,29(35)38)20-19-32(24,33)4/h8-11,14,24-27H,6-7,12-13,15-20H2,1-5H3,(H2,35,38)(H,36,37)/t24?,25-,26?,27?,31?,32-,33?,34?/m1/s1. The molecule has 6 rings (SSSR count). The zero-order chi connectivity index (χ0) is 27.3. The molecule has 4 heteroatoms. The normalized spacial score (nSPS) is 45.1. The van der Waals surface area contributed by atoms with Crippen molar-refractivity contribution in [2.45, 2.75) is 98.8 Å². The maximum Gasteiger partial charge on any atom is 0.335 e. The van der Waals surface area contributed by atoms with E-state index in [1.807, 2.05) is 12.1 Å². The minimum atomic E-state index is -0.870. The van der Waals surface area contributed by atoms with E-state index in [2.05, 4.69) is 40.7 Å². The summed E-state index contributed by atoms with van der Waals surface area (Å²) in [6.07, 6.45) is 14.1. The molecule has 1 amide bonds. The molecule has 3 N–H and O–H groups in total. The van der Waals surface area contributed by atoms with Gasteiger partial charge in [0.05, 0.1) is 11.0 Å². The van der Waals surface area contributed by atoms with Gasteiger partial charge in [0, 0.05) is 0 Å². The van der Waals surface area contributed by atoms with Crippen molar-refractivity contribution in [1.82, 2.24) is 0 Å². The Morgan fingerprint density at radius 1 is 0.816 bits per heavy atom. The number of nitrogens with two attached hydrogens (primary N) is 1. The summed E-state index contributed by atoms with van der Waals surface area (Å²) in [6, 6.07) is 7.52. The van der Waals surface area contributed by atoms with Gasteiger partial charge in [-0.1, -0.05) is 59.2 Å². The van der Waals surface area contributed by atoms with E-state index in [1.54, 1.807) is 12.1 Å². The highest BCUT2D eigenvalue weighted by Gasteiger charge is 2.70. The third kappa shape index (κ3) is 3.15. The van der Waals surface area contributed by atoms with Crippen LogP contribution < -0.4 is 5.73 Å². The van der Waals surface area contributed by atoms with Crippen molar-refractivity contribution < 1.29 is 14.7 Å². The van der Waals surface area contributed by atoms with E-state index in [-0.39, 0.29) is 33.0 Å². The van der Waals surface area contributed by atoms with Crippen molar-refractivity contribution in [1.29, 1.82) is 0 Å². The summed E-state index contributed by atoms with van der Waals surface area (Å²) in [5.74, 6) is 1.46. The number of benzene rings is 1. The molecule has 5 aliphatic rings. The van der Waals surface area contributed by atoms with E-state index in [0.717, 1.165) is 32.1 Å². The van der Waals surface area contributed by atoms with Crippen LogP contribution in [0.25, 0.3) is 5.57 Å². The van der Waals surface area contributed by atoms with Crippen LogP contribution in [0, 0.1) is 50.7 Å². The molecule has 0 bridgehead atoms. The summed E-state index contributed by atoms with van der Waals surface area (Å²) >= 11 is 0. The lowest BCUT2D eigenvalue weighted by molar-refractivity contribution is -0.221. The number of carboxylic acid groups (broad SMARTS) is 1. The number of fused-ring (bicyclic) bond motifs is 7. The first kappa shape index (κ1) is 26.1. The molecule has 0 aromatic heterocycles. The number of carbonyl (C=O) groups excluding carboxylic acids is 1. The van der Waals surface area contributed by atoms with Crippen molar-refractivity contribution in [2.75, 3.05) is 0 Å². The lowest BCUT2D eigenvalue weighted by Crippen LogP contribution is -2.65. The number of primary amides is 1. The van der Waals surface area contributed by atoms with Gasteiger partial charge in [0.1, 0.15) is 0 Å². The molecule has 0 spiro atoms. The number of amides is 1. The molecule has 38 heavy (non-hydrogen) atoms. The van der Waals surface area contributed by atoms with Crippen LogP contribution in [0.5, 0.6) is 0 Å². The van der Waals surface area contributed by atoms with Crippen molar-refractivity contribution >= 4 is 17.4 Å². The van der Waals surface area contributed by atoms with Crippen molar-refractivity contribution in [3.8, 4) is 0 Å². The SMILES string of the molecule is CC1(C)C(c2ccc(C(=O)O)cc2)=CCC2(C)C1CCC1(C)C2CCC2[C@H]3CCCC3(C(N)=O)CC[C@]21C. The van der Waals surface area contributed by atoms with Gasteiger partial charge in [0.25, 0.3) is 0 Å². The number of hydrogen-bond acceptors (Lipinski definition) is 2. The van der Waals surface area contributed by atoms with Gasteiger partial charge >= 0.3 is 5.97 Å². The van der Waals surface area contributed by atoms with Gasteiger partial charge in [0.15, 0.2) is 0 Å². The summed E-state index contributed by atoms with van der Waals surface area (Å²) in [5.41, 5.74) is 9.58. The van der Waals surface area contributed by atoms with Gasteiger partial charge < -0.3 is 10.8 Å². The number of rotatable bonds is 3. The molecule has 0 heterocycles. The van der Waals surface area contributed by atoms with Crippen molar-refractivity contribution in [2.24, 2.45) is 56.5 Å². The molecule has 0 saturated heterocycles. The molecular formula is C34H47NO3. The third-order valence-corrected chi connectivity index (χ3v) is 13.9. The van der Waals surface area contributed by atoms with E-state index in [9.17, 15) is 14.7 Å². The molecule has 4 fully saturated rings. The highest BCUT2D eigenvalue weighted by atomic mass is 16.4. The molecule has 4 saturated carbocycles. The van der Waals surface area contributed by atoms with Crippen LogP contribution in [-0.4, -0.2) is 17.0 Å². The van der Waals surface area contributed by atoms with Gasteiger partial charge in [-0.2, -0.15) is 0 Å². The molecule has 8 atom stereocenters. The Hall–Kier alpha value is -2.10. The van der Waals surface area contributed by atoms with Crippen LogP contribution in [0.1, 0.15) is 115 Å². The third-order valence-electron chi connectivity index (χ3n) is 13.9. The number of hydrogen-bond donors (Lipinski definition) is 2. The van der Waals surface area contributed by atoms with Crippen LogP contribution in [-0.2, 0) is 4.79 Å². The zero-order valence-electron chi connectivity index (χ0n) is 24.1. The van der Waals surface area contributed by atoms with Crippen LogP contribution in [0.4, 0.5) is 0 Å². The topological polar surface area (TPSA) is 80.4 Å². The second-order valence-corrected chi connectivity index (χ2v) is 15.1. The average Bonchev–Trinajstić information content (AvgIpc) is 3.30. The highest BCUT2D eigenvalue weighted by Crippen LogP contribution is 2.77. The van der Waals surface area contributed by atoms with Crippen LogP contribution >= 0.6 is 0 Å². The highest BCUT2D eigenvalue weighted by molar-refractivity contribution is 5.88. The van der Waals surface area contributed by atoms with Gasteiger partial charge in [-0.3, -0.25) is 4.79 Å². The molecular weight excluding hydrogens is 470 g/mol. The predicted molar refractivity (Wildman–Crippen MR) is 151 cm³/mol. The summed E-state index contributed by atoms with van der Waals surface area (Å²) in [4.78, 5) is 24.2. The van der Waals surface area contributed by atoms with Gasteiger partial charge in [-0.25, -0.2) is 4.79 Å². The number of aromatic carboxylic acids is 1. The first-order valence-electron chi connectivity index (χ1n) is 15.2. The largest absolute Gasteiger partial charge is 0.478 e. The molecule has 5 aliphatic carbocycles. The molecule has 0 aliphatic heterocycles. The monoisotopic (exact) mass is 517 g/mol. The summed E-state index contributed by atoms with van der Waals surface area (Å²) in [6.45, 7) is 12.7. The summed E-state index contributed by atoms with van der Waals surface area (Å²) < 4.78 is 0. The summed E-state index contributed by atoms with van der Waals surface area (Å²) in [7, 11) is 0. The fourth-order valence-corrected chi connectivity index (χ4v) is 11.9. The first-order valence-corrected chi connectivity index (χ1v) is 15.2. The van der Waals surface area contributed by atoms with Gasteiger partial charge in [-0.05, 0) is 126 Å². The Morgan fingerprint density at radius 3 is 2.18 bits per heavy atom. The van der Waals surface area contributed by atoms with E-state index < -0.39 is 5.97 Å². The van der Waals surface area contributed by atoms with Crippen LogP contribution in [0.3, 0.4) is 0 Å². The lowest BCUT2D eigenvalue weighted by atomic mass is 9.32. The Balaban J connectivity index is 1.35. The molecule has 0 radical (unpaired) electrons. The maximum absolute atomic E-state index is 12.8. The smallest absolute Gasteiger partial charge is 0.335 e. The average molecular weight is 518 g/mol. The number of allylic oxidation sites excluding steroid dienone is 2. The molecule has 206 valence electrons. The van der Waals surface area contributed by atoms with Crippen molar-refractivity contribution in [3.05, 3.63) is 41.5 Å². The second kappa shape index (κ2) is 8.21. The van der Waals surface area contributed by atoms with E-state index in [4.69, 9.17) is 5.73 Å². The van der Waals surface area contributed by atoms with Gasteiger partial charge in [-0.15, -0.1) is 0 Å². The van der Waals surface area contributed by atoms with E-state index in [0.29, 0.717) is 29.2 Å². The summed E-state index contributed by atoms with van der Waals surface area (Å²) in [5, 5.41) is 9.37. The minimum Gasteiger partial charge on any atom is -0.478 e. The molecule has 4 nitrogen and oxygen atoms in total. The first-order chi connectivity index (χ1) is 17.8. The Bertz CT molecular complexity index is 1200. The maximum atomic E-state index is 12.8. The lowest BCUT2D eigenvalue weighted by Gasteiger charge is -2.72. The number of carboxylic acids is 1. The van der Waals surface area contributed by atoms with E-state index in [1.165, 1.54) is 43.2 Å². The Morgan fingerprint density at radius 2 is 1.53 bits per heavy atom. The van der Waals surface area contributed by atoms with Crippen molar-refractivity contribution in [3.63, 3.8) is 0 Å². The fraction of sp³-hybridized carbons (Fsp3) is 0.706. The molecule has 1 aromatic rings. The minimum absolute atomic E-state index is 0.0203. The van der Waals surface area contributed by atoms with E-state index >= 15 is 0 Å². The molecule has 1 aromatic carbocycles. The van der Waals surface area contributed by atoms with Crippen LogP contribution in [0.2, 0.25) is 0 Å². The quantitative estimate of drug-likeness (QED) is 0.431. The number of carbonyl (C=O) groups is 2. The Kier molecular flexibility index (Phi) is 5.65. The zero-order valence-corrected chi connectivity index (χ0v) is 24.1. The van der Waals surface area contributed by atoms with Gasteiger partial charge in [0.2, 0.25) is 5.91 Å². The molecule has 6 unspecified atom stereocenters. The van der Waals surface area contributed by atoms with Crippen LogP contribution in [0.15, 0.2) is 30.3 Å². The second-order valence-electron chi connectivity index (χ2n) is 15.1. The fourth-order valence-electron chi connectivity index (χ4n) is 11.9.